The van der Waals surface area contributed by atoms with Gasteiger partial charge in [0.1, 0.15) is 0 Å². The Bertz CT molecular complexity index is 426. The first kappa shape index (κ1) is 13.0. The molecule has 0 N–H and O–H groups in total. The second-order valence-electron chi connectivity index (χ2n) is 4.74. The molecule has 1 saturated carbocycles. The first-order valence-corrected chi connectivity index (χ1v) is 7.68. The van der Waals surface area contributed by atoms with Crippen molar-refractivity contribution in [1.82, 2.24) is 0 Å². The minimum Gasteiger partial charge on any atom is -0.198 e. The highest BCUT2D eigenvalue weighted by molar-refractivity contribution is 9.10. The number of hydrogen-bond donors (Lipinski definition) is 0. The van der Waals surface area contributed by atoms with Crippen LogP contribution in [0.1, 0.15) is 26.2 Å². The fourth-order valence-electron chi connectivity index (χ4n) is 2.31. The van der Waals surface area contributed by atoms with E-state index in [1.807, 2.05) is 17.8 Å². The van der Waals surface area contributed by atoms with Gasteiger partial charge in [-0.15, -0.1) is 11.8 Å². The average Bonchev–Trinajstić information content (AvgIpc) is 2.32. The summed E-state index contributed by atoms with van der Waals surface area (Å²) in [6, 6.07) is 10.8. The number of thioether (sulfide) groups is 1. The van der Waals surface area contributed by atoms with E-state index in [4.69, 9.17) is 0 Å². The van der Waals surface area contributed by atoms with E-state index < -0.39 is 0 Å². The molecular weight excluding hydrogens is 294 g/mol. The lowest BCUT2D eigenvalue weighted by Crippen LogP contribution is -2.24. The van der Waals surface area contributed by atoms with Gasteiger partial charge in [0, 0.05) is 14.6 Å². The minimum atomic E-state index is 0.211. The molecule has 0 aliphatic heterocycles. The summed E-state index contributed by atoms with van der Waals surface area (Å²) in [5, 5.41) is 9.67. The van der Waals surface area contributed by atoms with Gasteiger partial charge in [-0.1, -0.05) is 19.1 Å². The van der Waals surface area contributed by atoms with Crippen LogP contribution in [0.15, 0.2) is 33.6 Å². The van der Waals surface area contributed by atoms with E-state index in [2.05, 4.69) is 47.1 Å². The van der Waals surface area contributed by atoms with E-state index in [-0.39, 0.29) is 5.92 Å². The number of rotatable bonds is 2. The second kappa shape index (κ2) is 5.93. The van der Waals surface area contributed by atoms with Crippen LogP contribution >= 0.6 is 27.7 Å². The number of nitriles is 1. The Labute approximate surface area is 116 Å². The monoisotopic (exact) mass is 309 g/mol. The molecule has 0 bridgehead atoms. The van der Waals surface area contributed by atoms with Gasteiger partial charge in [-0.25, -0.2) is 0 Å². The molecule has 0 aromatic heterocycles. The van der Waals surface area contributed by atoms with Crippen LogP contribution in [0.25, 0.3) is 0 Å². The lowest BCUT2D eigenvalue weighted by atomic mass is 9.83. The summed E-state index contributed by atoms with van der Waals surface area (Å²) in [5.74, 6) is 0.961. The summed E-state index contributed by atoms with van der Waals surface area (Å²) in [4.78, 5) is 1.26. The SMILES string of the molecule is CC1CCC(C#N)C(Sc2ccccc2Br)C1. The highest BCUT2D eigenvalue weighted by Gasteiger charge is 2.29. The van der Waals surface area contributed by atoms with Crippen molar-refractivity contribution in [3.05, 3.63) is 28.7 Å². The van der Waals surface area contributed by atoms with Crippen molar-refractivity contribution in [1.29, 1.82) is 5.26 Å². The van der Waals surface area contributed by atoms with Crippen molar-refractivity contribution >= 4 is 27.7 Å². The van der Waals surface area contributed by atoms with Gasteiger partial charge in [-0.3, -0.25) is 0 Å². The molecule has 3 heteroatoms. The number of hydrogen-bond acceptors (Lipinski definition) is 2. The van der Waals surface area contributed by atoms with Crippen LogP contribution in [0.4, 0.5) is 0 Å². The molecule has 3 atom stereocenters. The van der Waals surface area contributed by atoms with E-state index in [0.29, 0.717) is 5.25 Å². The van der Waals surface area contributed by atoms with Gasteiger partial charge >= 0.3 is 0 Å². The van der Waals surface area contributed by atoms with Crippen LogP contribution in [-0.2, 0) is 0 Å². The zero-order chi connectivity index (χ0) is 12.3. The standard InChI is InChI=1S/C14H16BrNS/c1-10-6-7-11(9-16)14(8-10)17-13-5-3-2-4-12(13)15/h2-5,10-11,14H,6-8H2,1H3. The second-order valence-corrected chi connectivity index (χ2v) is 6.88. The van der Waals surface area contributed by atoms with Crippen molar-refractivity contribution in [2.24, 2.45) is 11.8 Å². The van der Waals surface area contributed by atoms with Crippen molar-refractivity contribution in [2.45, 2.75) is 36.3 Å². The highest BCUT2D eigenvalue weighted by Crippen LogP contribution is 2.41. The van der Waals surface area contributed by atoms with E-state index in [9.17, 15) is 5.26 Å². The van der Waals surface area contributed by atoms with Gasteiger partial charge in [0.15, 0.2) is 0 Å². The Hall–Kier alpha value is -0.460. The van der Waals surface area contributed by atoms with Crippen LogP contribution in [0, 0.1) is 23.2 Å². The Morgan fingerprint density at radius 2 is 2.12 bits per heavy atom. The fraction of sp³-hybridized carbons (Fsp3) is 0.500. The molecule has 17 heavy (non-hydrogen) atoms. The summed E-state index contributed by atoms with van der Waals surface area (Å²) in [6.07, 6.45) is 3.41. The molecule has 1 aliphatic rings. The van der Waals surface area contributed by atoms with Crippen molar-refractivity contribution in [3.63, 3.8) is 0 Å². The van der Waals surface area contributed by atoms with E-state index in [1.54, 1.807) is 0 Å². The molecule has 2 rings (SSSR count). The van der Waals surface area contributed by atoms with E-state index >= 15 is 0 Å². The third kappa shape index (κ3) is 3.26. The smallest absolute Gasteiger partial charge is 0.0667 e. The fourth-order valence-corrected chi connectivity index (χ4v) is 4.33. The zero-order valence-electron chi connectivity index (χ0n) is 9.90. The number of nitrogens with zero attached hydrogens (tertiary/aromatic N) is 1. The molecule has 3 unspecified atom stereocenters. The van der Waals surface area contributed by atoms with E-state index in [0.717, 1.165) is 23.2 Å². The summed E-state index contributed by atoms with van der Waals surface area (Å²) in [5.41, 5.74) is 0. The Kier molecular flexibility index (Phi) is 4.53. The summed E-state index contributed by atoms with van der Waals surface area (Å²) in [6.45, 7) is 2.29. The van der Waals surface area contributed by atoms with Gasteiger partial charge in [0.2, 0.25) is 0 Å². The summed E-state index contributed by atoms with van der Waals surface area (Å²) >= 11 is 5.43. The third-order valence-corrected chi connectivity index (χ3v) is 5.72. The molecule has 1 aromatic carbocycles. The molecule has 1 aliphatic carbocycles. The molecule has 1 aromatic rings. The maximum Gasteiger partial charge on any atom is 0.0667 e. The third-order valence-electron chi connectivity index (χ3n) is 3.33. The molecule has 0 saturated heterocycles. The molecule has 1 fully saturated rings. The van der Waals surface area contributed by atoms with Crippen LogP contribution in [0.3, 0.4) is 0 Å². The van der Waals surface area contributed by atoms with Crippen molar-refractivity contribution in [2.75, 3.05) is 0 Å². The predicted molar refractivity (Wildman–Crippen MR) is 75.9 cm³/mol. The van der Waals surface area contributed by atoms with Crippen molar-refractivity contribution < 1.29 is 0 Å². The largest absolute Gasteiger partial charge is 0.198 e. The van der Waals surface area contributed by atoms with Gasteiger partial charge in [0.25, 0.3) is 0 Å². The van der Waals surface area contributed by atoms with Crippen molar-refractivity contribution in [3.8, 4) is 6.07 Å². The molecule has 0 spiro atoms. The van der Waals surface area contributed by atoms with Gasteiger partial charge in [-0.05, 0) is 53.2 Å². The molecule has 0 amide bonds. The average molecular weight is 310 g/mol. The molecule has 90 valence electrons. The Balaban J connectivity index is 2.11. The number of halogens is 1. The molecular formula is C14H16BrNS. The van der Waals surface area contributed by atoms with Gasteiger partial charge in [-0.2, -0.15) is 5.26 Å². The van der Waals surface area contributed by atoms with Gasteiger partial charge < -0.3 is 0 Å². The highest BCUT2D eigenvalue weighted by atomic mass is 79.9. The van der Waals surface area contributed by atoms with Gasteiger partial charge in [0.05, 0.1) is 12.0 Å². The number of benzene rings is 1. The Morgan fingerprint density at radius 3 is 2.82 bits per heavy atom. The van der Waals surface area contributed by atoms with Crippen LogP contribution in [0.5, 0.6) is 0 Å². The lowest BCUT2D eigenvalue weighted by molar-refractivity contribution is 0.346. The summed E-state index contributed by atoms with van der Waals surface area (Å²) < 4.78 is 1.14. The topological polar surface area (TPSA) is 23.8 Å². The summed E-state index contributed by atoms with van der Waals surface area (Å²) in [7, 11) is 0. The first-order valence-electron chi connectivity index (χ1n) is 6.01. The molecule has 1 nitrogen and oxygen atoms in total. The lowest BCUT2D eigenvalue weighted by Gasteiger charge is -2.30. The first-order chi connectivity index (χ1) is 8.20. The van der Waals surface area contributed by atoms with Crippen LogP contribution < -0.4 is 0 Å². The maximum atomic E-state index is 9.22. The maximum absolute atomic E-state index is 9.22. The minimum absolute atomic E-state index is 0.211. The molecule has 0 heterocycles. The quantitative estimate of drug-likeness (QED) is 0.778. The van der Waals surface area contributed by atoms with Crippen LogP contribution in [0.2, 0.25) is 0 Å². The van der Waals surface area contributed by atoms with E-state index in [1.165, 1.54) is 11.3 Å². The van der Waals surface area contributed by atoms with Crippen LogP contribution in [-0.4, -0.2) is 5.25 Å². The molecule has 0 radical (unpaired) electrons. The normalized spacial score (nSPS) is 28.6. The zero-order valence-corrected chi connectivity index (χ0v) is 12.3. The Morgan fingerprint density at radius 1 is 1.35 bits per heavy atom. The predicted octanol–water partition coefficient (Wildman–Crippen LogP) is 4.87.